The van der Waals surface area contributed by atoms with E-state index in [2.05, 4.69) is 0 Å². The van der Waals surface area contributed by atoms with Gasteiger partial charge < -0.3 is 15.1 Å². The van der Waals surface area contributed by atoms with Crippen LogP contribution < -0.4 is 0 Å². The van der Waals surface area contributed by atoms with Crippen molar-refractivity contribution in [3.8, 4) is 0 Å². The average Bonchev–Trinajstić information content (AvgIpc) is 2.72. The number of carbonyl (C=O) groups excluding carboxylic acids is 1. The molecule has 0 saturated heterocycles. The third-order valence-electron chi connectivity index (χ3n) is 3.63. The number of aliphatic hydroxyl groups is 1. The molecule has 0 radical (unpaired) electrons. The lowest BCUT2D eigenvalue weighted by Gasteiger charge is -2.26. The van der Waals surface area contributed by atoms with Gasteiger partial charge in [0.2, 0.25) is 0 Å². The SMILES string of the molecule is CS(=O)(=O)C1=C(O)C(=O)N(CCCC(=O)O)C1c1ccc(F)cc1. The zero-order valence-electron chi connectivity index (χ0n) is 12.8. The number of halogens is 1. The molecule has 1 aromatic rings. The fraction of sp³-hybridized carbons (Fsp3) is 0.333. The van der Waals surface area contributed by atoms with Gasteiger partial charge in [-0.05, 0) is 24.1 Å². The lowest BCUT2D eigenvalue weighted by Crippen LogP contribution is -2.32. The summed E-state index contributed by atoms with van der Waals surface area (Å²) in [5.41, 5.74) is 0.310. The van der Waals surface area contributed by atoms with Crippen molar-refractivity contribution < 1.29 is 32.6 Å². The quantitative estimate of drug-likeness (QED) is 0.796. The van der Waals surface area contributed by atoms with Crippen LogP contribution in [0.2, 0.25) is 0 Å². The molecular formula is C15H16FNO6S. The molecule has 0 spiro atoms. The number of aliphatic carboxylic acids is 1. The summed E-state index contributed by atoms with van der Waals surface area (Å²) < 4.78 is 37.1. The highest BCUT2D eigenvalue weighted by molar-refractivity contribution is 7.94. The number of sulfone groups is 1. The smallest absolute Gasteiger partial charge is 0.303 e. The van der Waals surface area contributed by atoms with Gasteiger partial charge in [-0.1, -0.05) is 12.1 Å². The summed E-state index contributed by atoms with van der Waals surface area (Å²) in [6, 6.07) is 3.76. The van der Waals surface area contributed by atoms with Gasteiger partial charge in [0.1, 0.15) is 10.7 Å². The molecule has 0 fully saturated rings. The Labute approximate surface area is 137 Å². The predicted octanol–water partition coefficient (Wildman–Crippen LogP) is 1.39. The fourth-order valence-electron chi connectivity index (χ4n) is 2.62. The topological polar surface area (TPSA) is 112 Å². The highest BCUT2D eigenvalue weighted by atomic mass is 32.2. The number of nitrogens with zero attached hydrogens (tertiary/aromatic N) is 1. The first kappa shape index (κ1) is 17.9. The normalized spacial score (nSPS) is 18.3. The first-order chi connectivity index (χ1) is 11.1. The Morgan fingerprint density at radius 1 is 1.29 bits per heavy atom. The summed E-state index contributed by atoms with van der Waals surface area (Å²) in [7, 11) is -3.91. The van der Waals surface area contributed by atoms with Crippen LogP contribution in [-0.2, 0) is 19.4 Å². The number of amides is 1. The molecule has 0 bridgehead atoms. The van der Waals surface area contributed by atoms with E-state index in [1.807, 2.05) is 0 Å². The van der Waals surface area contributed by atoms with Crippen molar-refractivity contribution in [2.75, 3.05) is 12.8 Å². The second-order valence-corrected chi connectivity index (χ2v) is 7.42. The molecule has 1 aliphatic heterocycles. The van der Waals surface area contributed by atoms with E-state index in [1.54, 1.807) is 0 Å². The molecule has 0 aromatic heterocycles. The fourth-order valence-corrected chi connectivity index (χ4v) is 3.72. The molecule has 24 heavy (non-hydrogen) atoms. The molecule has 1 unspecified atom stereocenters. The maximum atomic E-state index is 13.1. The zero-order valence-corrected chi connectivity index (χ0v) is 13.6. The van der Waals surface area contributed by atoms with Crippen molar-refractivity contribution in [1.82, 2.24) is 4.90 Å². The van der Waals surface area contributed by atoms with Gasteiger partial charge in [-0.3, -0.25) is 9.59 Å². The Balaban J connectivity index is 2.45. The van der Waals surface area contributed by atoms with E-state index >= 15 is 0 Å². The van der Waals surface area contributed by atoms with Crippen LogP contribution in [0.5, 0.6) is 0 Å². The van der Waals surface area contributed by atoms with Crippen LogP contribution in [0.1, 0.15) is 24.4 Å². The Hall–Kier alpha value is -2.42. The number of aliphatic hydroxyl groups excluding tert-OH is 1. The molecule has 1 heterocycles. The van der Waals surface area contributed by atoms with E-state index in [9.17, 15) is 27.5 Å². The molecule has 1 aromatic carbocycles. The number of hydrogen-bond donors (Lipinski definition) is 2. The third-order valence-corrected chi connectivity index (χ3v) is 4.85. The number of benzene rings is 1. The number of carbonyl (C=O) groups is 2. The molecule has 1 atom stereocenters. The van der Waals surface area contributed by atoms with Crippen LogP contribution in [0, 0.1) is 5.82 Å². The Kier molecular flexibility index (Phi) is 4.93. The van der Waals surface area contributed by atoms with Crippen LogP contribution >= 0.6 is 0 Å². The summed E-state index contributed by atoms with van der Waals surface area (Å²) >= 11 is 0. The molecule has 130 valence electrons. The molecule has 9 heteroatoms. The molecule has 1 amide bonds. The van der Waals surface area contributed by atoms with Gasteiger partial charge >= 0.3 is 5.97 Å². The maximum absolute atomic E-state index is 13.1. The number of rotatable bonds is 6. The van der Waals surface area contributed by atoms with E-state index < -0.39 is 44.2 Å². The van der Waals surface area contributed by atoms with Gasteiger partial charge in [0, 0.05) is 19.2 Å². The van der Waals surface area contributed by atoms with Gasteiger partial charge in [-0.2, -0.15) is 0 Å². The molecule has 0 aliphatic carbocycles. The van der Waals surface area contributed by atoms with Gasteiger partial charge in [-0.15, -0.1) is 0 Å². The van der Waals surface area contributed by atoms with Gasteiger partial charge in [-0.25, -0.2) is 12.8 Å². The van der Waals surface area contributed by atoms with E-state index in [-0.39, 0.29) is 19.4 Å². The number of hydrogen-bond acceptors (Lipinski definition) is 5. The van der Waals surface area contributed by atoms with Crippen molar-refractivity contribution >= 4 is 21.7 Å². The summed E-state index contributed by atoms with van der Waals surface area (Å²) in [5, 5.41) is 18.7. The lowest BCUT2D eigenvalue weighted by atomic mass is 10.1. The monoisotopic (exact) mass is 357 g/mol. The van der Waals surface area contributed by atoms with E-state index in [0.29, 0.717) is 5.56 Å². The first-order valence-electron chi connectivity index (χ1n) is 7.04. The van der Waals surface area contributed by atoms with Crippen molar-refractivity contribution in [2.24, 2.45) is 0 Å². The second-order valence-electron chi connectivity index (χ2n) is 5.43. The van der Waals surface area contributed by atoms with E-state index in [0.717, 1.165) is 23.3 Å². The van der Waals surface area contributed by atoms with E-state index in [4.69, 9.17) is 5.11 Å². The molecule has 1 aliphatic rings. The Morgan fingerprint density at radius 3 is 2.38 bits per heavy atom. The highest BCUT2D eigenvalue weighted by Gasteiger charge is 2.44. The van der Waals surface area contributed by atoms with Crippen LogP contribution in [0.3, 0.4) is 0 Å². The largest absolute Gasteiger partial charge is 0.502 e. The minimum atomic E-state index is -3.91. The molecule has 2 N–H and O–H groups in total. The Bertz CT molecular complexity index is 800. The van der Waals surface area contributed by atoms with Crippen LogP contribution in [0.15, 0.2) is 34.9 Å². The van der Waals surface area contributed by atoms with Gasteiger partial charge in [0.15, 0.2) is 15.6 Å². The Morgan fingerprint density at radius 2 is 1.88 bits per heavy atom. The van der Waals surface area contributed by atoms with Gasteiger partial charge in [0.25, 0.3) is 5.91 Å². The third kappa shape index (κ3) is 3.56. The maximum Gasteiger partial charge on any atom is 0.303 e. The average molecular weight is 357 g/mol. The number of carboxylic acid groups (broad SMARTS) is 1. The second kappa shape index (κ2) is 6.60. The minimum Gasteiger partial charge on any atom is -0.502 e. The van der Waals surface area contributed by atoms with Crippen molar-refractivity contribution in [2.45, 2.75) is 18.9 Å². The number of carboxylic acids is 1. The van der Waals surface area contributed by atoms with E-state index in [1.165, 1.54) is 12.1 Å². The van der Waals surface area contributed by atoms with Gasteiger partial charge in [0.05, 0.1) is 6.04 Å². The summed E-state index contributed by atoms with van der Waals surface area (Å²) in [5.74, 6) is -3.37. The van der Waals surface area contributed by atoms with Crippen LogP contribution in [0.4, 0.5) is 4.39 Å². The zero-order chi connectivity index (χ0) is 18.1. The first-order valence-corrected chi connectivity index (χ1v) is 8.93. The molecule has 0 saturated carbocycles. The summed E-state index contributed by atoms with van der Waals surface area (Å²) in [6.07, 6.45) is 0.737. The highest BCUT2D eigenvalue weighted by Crippen LogP contribution is 2.39. The van der Waals surface area contributed by atoms with Crippen LogP contribution in [-0.4, -0.2) is 48.2 Å². The standard InChI is InChI=1S/C15H16FNO6S/c1-24(22,23)14-12(9-4-6-10(16)7-5-9)17(15(21)13(14)20)8-2-3-11(18)19/h4-7,12,20H,2-3,8H2,1H3,(H,18,19). The summed E-state index contributed by atoms with van der Waals surface area (Å²) in [6.45, 7) is -0.0593. The minimum absolute atomic E-state index is 0.0593. The van der Waals surface area contributed by atoms with Crippen molar-refractivity contribution in [3.63, 3.8) is 0 Å². The van der Waals surface area contributed by atoms with Crippen molar-refractivity contribution in [1.29, 1.82) is 0 Å². The predicted molar refractivity (Wildman–Crippen MR) is 82.2 cm³/mol. The lowest BCUT2D eigenvalue weighted by molar-refractivity contribution is -0.138. The molecule has 7 nitrogen and oxygen atoms in total. The molecular weight excluding hydrogens is 341 g/mol. The summed E-state index contributed by atoms with van der Waals surface area (Å²) in [4.78, 5) is 23.5. The molecule has 2 rings (SSSR count). The van der Waals surface area contributed by atoms with Crippen molar-refractivity contribution in [3.05, 3.63) is 46.3 Å². The van der Waals surface area contributed by atoms with Crippen LogP contribution in [0.25, 0.3) is 0 Å².